The number of thiophene rings is 1. The molecule has 1 fully saturated rings. The fourth-order valence-corrected chi connectivity index (χ4v) is 5.79. The number of morpholine rings is 1. The van der Waals surface area contributed by atoms with Gasteiger partial charge in [0.15, 0.2) is 11.0 Å². The highest BCUT2D eigenvalue weighted by Crippen LogP contribution is 2.38. The predicted octanol–water partition coefficient (Wildman–Crippen LogP) is 3.01. The molecule has 0 bridgehead atoms. The van der Waals surface area contributed by atoms with Crippen LogP contribution in [-0.4, -0.2) is 57.6 Å². The van der Waals surface area contributed by atoms with E-state index in [4.69, 9.17) is 4.74 Å². The first-order valence-electron chi connectivity index (χ1n) is 9.65. The second-order valence-corrected chi connectivity index (χ2v) is 9.30. The highest BCUT2D eigenvalue weighted by atomic mass is 32.2. The zero-order valence-corrected chi connectivity index (χ0v) is 17.6. The van der Waals surface area contributed by atoms with Gasteiger partial charge in [0.05, 0.1) is 23.8 Å². The summed E-state index contributed by atoms with van der Waals surface area (Å²) in [6.07, 6.45) is 4.93. The number of fused-ring (bicyclic) bond motifs is 1. The Labute approximate surface area is 168 Å². The molecule has 2 aromatic rings. The lowest BCUT2D eigenvalue weighted by Gasteiger charge is -2.26. The topological polar surface area (TPSA) is 60.3 Å². The van der Waals surface area contributed by atoms with E-state index in [-0.39, 0.29) is 5.91 Å². The first-order valence-corrected chi connectivity index (χ1v) is 11.5. The molecule has 27 heavy (non-hydrogen) atoms. The maximum Gasteiger partial charge on any atom is 0.233 e. The van der Waals surface area contributed by atoms with Crippen LogP contribution in [0.3, 0.4) is 0 Å². The van der Waals surface area contributed by atoms with E-state index in [2.05, 4.69) is 23.2 Å². The average Bonchev–Trinajstić information content (AvgIpc) is 3.29. The van der Waals surface area contributed by atoms with Crippen molar-refractivity contribution in [2.75, 3.05) is 32.1 Å². The van der Waals surface area contributed by atoms with E-state index in [9.17, 15) is 4.79 Å². The van der Waals surface area contributed by atoms with E-state index in [1.165, 1.54) is 52.8 Å². The van der Waals surface area contributed by atoms with Crippen LogP contribution >= 0.6 is 23.1 Å². The summed E-state index contributed by atoms with van der Waals surface area (Å²) in [5.41, 5.74) is 1.49. The SMILES string of the molecule is CCC1CCc2sc(-c3nnc(SCC(=O)N4CCOCC4)n3C)cc2C1. The summed E-state index contributed by atoms with van der Waals surface area (Å²) in [6, 6.07) is 2.30. The standard InChI is InChI=1S/C19H26N4O2S2/c1-3-13-4-5-15-14(10-13)11-16(27-15)18-20-21-19(22(18)2)26-12-17(24)23-6-8-25-9-7-23/h11,13H,3-10,12H2,1-2H3. The van der Waals surface area contributed by atoms with E-state index >= 15 is 0 Å². The van der Waals surface area contributed by atoms with Gasteiger partial charge in [-0.05, 0) is 36.8 Å². The number of rotatable bonds is 5. The highest BCUT2D eigenvalue weighted by molar-refractivity contribution is 7.99. The predicted molar refractivity (Wildman–Crippen MR) is 108 cm³/mol. The molecule has 0 N–H and O–H groups in total. The van der Waals surface area contributed by atoms with E-state index in [1.54, 1.807) is 0 Å². The van der Waals surface area contributed by atoms with Crippen molar-refractivity contribution in [3.8, 4) is 10.7 Å². The van der Waals surface area contributed by atoms with Crippen LogP contribution in [-0.2, 0) is 29.4 Å². The molecule has 1 unspecified atom stereocenters. The Morgan fingerprint density at radius 3 is 2.96 bits per heavy atom. The molecule has 1 aliphatic carbocycles. The third-order valence-electron chi connectivity index (χ3n) is 5.51. The third kappa shape index (κ3) is 4.07. The monoisotopic (exact) mass is 406 g/mol. The van der Waals surface area contributed by atoms with E-state index in [1.807, 2.05) is 27.9 Å². The van der Waals surface area contributed by atoms with Crippen LogP contribution in [0.2, 0.25) is 0 Å². The summed E-state index contributed by atoms with van der Waals surface area (Å²) < 4.78 is 7.33. The summed E-state index contributed by atoms with van der Waals surface area (Å²) >= 11 is 3.32. The van der Waals surface area contributed by atoms with Gasteiger partial charge in [-0.3, -0.25) is 4.79 Å². The molecule has 2 aromatic heterocycles. The summed E-state index contributed by atoms with van der Waals surface area (Å²) in [5, 5.41) is 9.55. The van der Waals surface area contributed by atoms with Gasteiger partial charge in [-0.2, -0.15) is 0 Å². The zero-order chi connectivity index (χ0) is 18.8. The van der Waals surface area contributed by atoms with Crippen LogP contribution < -0.4 is 0 Å². The number of hydrogen-bond acceptors (Lipinski definition) is 6. The van der Waals surface area contributed by atoms with E-state index < -0.39 is 0 Å². The van der Waals surface area contributed by atoms with Gasteiger partial charge in [0, 0.05) is 25.0 Å². The Morgan fingerprint density at radius 1 is 1.37 bits per heavy atom. The number of thioether (sulfide) groups is 1. The molecular weight excluding hydrogens is 380 g/mol. The number of nitrogens with zero attached hydrogens (tertiary/aromatic N) is 4. The molecule has 1 atom stereocenters. The maximum absolute atomic E-state index is 12.3. The summed E-state index contributed by atoms with van der Waals surface area (Å²) in [6.45, 7) is 4.91. The molecule has 146 valence electrons. The van der Waals surface area contributed by atoms with Gasteiger partial charge < -0.3 is 14.2 Å². The van der Waals surface area contributed by atoms with Crippen LogP contribution in [0, 0.1) is 5.92 Å². The zero-order valence-electron chi connectivity index (χ0n) is 15.9. The minimum absolute atomic E-state index is 0.144. The van der Waals surface area contributed by atoms with Crippen molar-refractivity contribution in [2.24, 2.45) is 13.0 Å². The minimum Gasteiger partial charge on any atom is -0.378 e. The number of amides is 1. The second kappa shape index (κ2) is 8.32. The van der Waals surface area contributed by atoms with Gasteiger partial charge >= 0.3 is 0 Å². The Hall–Kier alpha value is -1.38. The maximum atomic E-state index is 12.3. The fraction of sp³-hybridized carbons (Fsp3) is 0.632. The Kier molecular flexibility index (Phi) is 5.85. The molecule has 1 amide bonds. The molecule has 3 heterocycles. The number of hydrogen-bond donors (Lipinski definition) is 0. The lowest BCUT2D eigenvalue weighted by molar-refractivity contribution is -0.132. The average molecular weight is 407 g/mol. The van der Waals surface area contributed by atoms with Gasteiger partial charge in [-0.25, -0.2) is 0 Å². The number of carbonyl (C=O) groups excluding carboxylic acids is 1. The number of ether oxygens (including phenoxy) is 1. The second-order valence-electron chi connectivity index (χ2n) is 7.22. The van der Waals surface area contributed by atoms with Crippen molar-refractivity contribution < 1.29 is 9.53 Å². The molecule has 0 spiro atoms. The van der Waals surface area contributed by atoms with Crippen LogP contribution in [0.25, 0.3) is 10.7 Å². The molecule has 0 aromatic carbocycles. The first-order chi connectivity index (χ1) is 13.2. The van der Waals surface area contributed by atoms with Crippen molar-refractivity contribution in [2.45, 2.75) is 37.8 Å². The number of carbonyl (C=O) groups is 1. The molecule has 0 radical (unpaired) electrons. The Morgan fingerprint density at radius 2 is 2.19 bits per heavy atom. The first kappa shape index (κ1) is 19.0. The van der Waals surface area contributed by atoms with Crippen molar-refractivity contribution in [1.29, 1.82) is 0 Å². The Balaban J connectivity index is 1.43. The molecule has 2 aliphatic rings. The summed E-state index contributed by atoms with van der Waals surface area (Å²) in [5.74, 6) is 2.26. The van der Waals surface area contributed by atoms with Crippen LogP contribution in [0.1, 0.15) is 30.2 Å². The summed E-state index contributed by atoms with van der Waals surface area (Å²) in [4.78, 5) is 16.9. The fourth-order valence-electron chi connectivity index (χ4n) is 3.74. The summed E-state index contributed by atoms with van der Waals surface area (Å²) in [7, 11) is 1.99. The molecule has 1 saturated heterocycles. The van der Waals surface area contributed by atoms with E-state index in [0.717, 1.165) is 16.9 Å². The third-order valence-corrected chi connectivity index (χ3v) is 7.74. The van der Waals surface area contributed by atoms with Gasteiger partial charge in [-0.15, -0.1) is 21.5 Å². The number of aryl methyl sites for hydroxylation is 1. The molecule has 1 aliphatic heterocycles. The molecule has 8 heteroatoms. The van der Waals surface area contributed by atoms with Crippen molar-refractivity contribution >= 4 is 29.0 Å². The molecule has 4 rings (SSSR count). The van der Waals surface area contributed by atoms with Crippen molar-refractivity contribution in [3.63, 3.8) is 0 Å². The van der Waals surface area contributed by atoms with E-state index in [0.29, 0.717) is 32.1 Å². The lowest BCUT2D eigenvalue weighted by atomic mass is 9.87. The van der Waals surface area contributed by atoms with Crippen LogP contribution in [0.5, 0.6) is 0 Å². The van der Waals surface area contributed by atoms with Crippen LogP contribution in [0.4, 0.5) is 0 Å². The lowest BCUT2D eigenvalue weighted by Crippen LogP contribution is -2.41. The highest BCUT2D eigenvalue weighted by Gasteiger charge is 2.23. The molecular formula is C19H26N4O2S2. The molecule has 0 saturated carbocycles. The quantitative estimate of drug-likeness (QED) is 0.715. The minimum atomic E-state index is 0.144. The normalized spacial score (nSPS) is 19.9. The van der Waals surface area contributed by atoms with Gasteiger partial charge in [0.25, 0.3) is 0 Å². The van der Waals surface area contributed by atoms with Crippen LogP contribution in [0.15, 0.2) is 11.2 Å². The van der Waals surface area contributed by atoms with Crippen molar-refractivity contribution in [1.82, 2.24) is 19.7 Å². The number of aromatic nitrogens is 3. The smallest absolute Gasteiger partial charge is 0.233 e. The van der Waals surface area contributed by atoms with Crippen molar-refractivity contribution in [3.05, 3.63) is 16.5 Å². The van der Waals surface area contributed by atoms with Gasteiger partial charge in [-0.1, -0.05) is 25.1 Å². The Bertz CT molecular complexity index is 811. The largest absolute Gasteiger partial charge is 0.378 e. The van der Waals surface area contributed by atoms with Gasteiger partial charge in [0.1, 0.15) is 0 Å². The van der Waals surface area contributed by atoms with Gasteiger partial charge in [0.2, 0.25) is 5.91 Å². The molecule has 6 nitrogen and oxygen atoms in total.